The topological polar surface area (TPSA) is 3.24 Å². The molecule has 0 bridgehead atoms. The lowest BCUT2D eigenvalue weighted by Crippen LogP contribution is -2.26. The summed E-state index contributed by atoms with van der Waals surface area (Å²) in [6.45, 7) is 10.2. The van der Waals surface area contributed by atoms with E-state index in [9.17, 15) is 0 Å². The van der Waals surface area contributed by atoms with Crippen molar-refractivity contribution in [3.8, 4) is 0 Å². The Morgan fingerprint density at radius 3 is 2.60 bits per heavy atom. The van der Waals surface area contributed by atoms with E-state index in [4.69, 9.17) is 12.2 Å². The third-order valence-electron chi connectivity index (χ3n) is 2.08. The number of thiocarbonyl (C=S) groups is 1. The van der Waals surface area contributed by atoms with Gasteiger partial charge in [0, 0.05) is 28.6 Å². The van der Waals surface area contributed by atoms with Gasteiger partial charge >= 0.3 is 0 Å². The Hall–Kier alpha value is -0.0600. The van der Waals surface area contributed by atoms with Gasteiger partial charge in [0.2, 0.25) is 0 Å². The Labute approximate surface area is 106 Å². The van der Waals surface area contributed by atoms with E-state index in [2.05, 4.69) is 37.8 Å². The fraction of sp³-hybridized carbons (Fsp3) is 0.455. The van der Waals surface area contributed by atoms with Gasteiger partial charge in [-0.3, -0.25) is 0 Å². The van der Waals surface area contributed by atoms with Crippen LogP contribution in [0.2, 0.25) is 0 Å². The normalized spacial score (nSPS) is 10.3. The number of nitrogens with zero attached hydrogens (tertiary/aromatic N) is 1. The molecule has 15 heavy (non-hydrogen) atoms. The van der Waals surface area contributed by atoms with E-state index in [1.54, 1.807) is 23.1 Å². The lowest BCUT2D eigenvalue weighted by atomic mass is 10.5. The summed E-state index contributed by atoms with van der Waals surface area (Å²) in [7, 11) is 0. The molecule has 0 aliphatic heterocycles. The fourth-order valence-electron chi connectivity index (χ4n) is 1.21. The minimum atomic E-state index is 0.968. The number of thioether (sulfide) groups is 1. The number of hydrogen-bond acceptors (Lipinski definition) is 3. The van der Waals surface area contributed by atoms with Gasteiger partial charge in [0.15, 0.2) is 0 Å². The molecule has 0 atom stereocenters. The van der Waals surface area contributed by atoms with Crippen LogP contribution in [-0.2, 0) is 5.75 Å². The van der Waals surface area contributed by atoms with E-state index in [0.29, 0.717) is 0 Å². The molecule has 83 valence electrons. The van der Waals surface area contributed by atoms with E-state index < -0.39 is 0 Å². The van der Waals surface area contributed by atoms with Crippen molar-refractivity contribution in [2.24, 2.45) is 0 Å². The largest absolute Gasteiger partial charge is 0.358 e. The quantitative estimate of drug-likeness (QED) is 0.757. The van der Waals surface area contributed by atoms with Crippen LogP contribution >= 0.6 is 35.3 Å². The highest BCUT2D eigenvalue weighted by molar-refractivity contribution is 8.22. The third kappa shape index (κ3) is 4.13. The maximum absolute atomic E-state index is 5.36. The van der Waals surface area contributed by atoms with Crippen molar-refractivity contribution in [1.29, 1.82) is 0 Å². The summed E-state index contributed by atoms with van der Waals surface area (Å²) < 4.78 is 0.999. The third-order valence-corrected chi connectivity index (χ3v) is 4.77. The molecule has 0 saturated heterocycles. The van der Waals surface area contributed by atoms with Crippen LogP contribution in [0.25, 0.3) is 0 Å². The van der Waals surface area contributed by atoms with Crippen LogP contribution in [0, 0.1) is 6.92 Å². The summed E-state index contributed by atoms with van der Waals surface area (Å²) >= 11 is 8.84. The smallest absolute Gasteiger partial charge is 0.136 e. The standard InChI is InChI=1S/C11H16NS3/c1-4-12(5-2)11(13)14-8-10-7-6-9(3)15-10/h6-7H,3-5,8H2,1-2H3. The van der Waals surface area contributed by atoms with Crippen LogP contribution in [-0.4, -0.2) is 22.3 Å². The van der Waals surface area contributed by atoms with Gasteiger partial charge < -0.3 is 4.90 Å². The predicted octanol–water partition coefficient (Wildman–Crippen LogP) is 3.79. The van der Waals surface area contributed by atoms with Gasteiger partial charge in [-0.2, -0.15) is 0 Å². The first kappa shape index (κ1) is 13.0. The molecular formula is C11H16NS3. The zero-order valence-corrected chi connectivity index (χ0v) is 11.6. The van der Waals surface area contributed by atoms with Gasteiger partial charge in [0.05, 0.1) is 0 Å². The minimum absolute atomic E-state index is 0.968. The van der Waals surface area contributed by atoms with Crippen LogP contribution in [0.1, 0.15) is 23.6 Å². The lowest BCUT2D eigenvalue weighted by Gasteiger charge is -2.20. The molecule has 0 unspecified atom stereocenters. The predicted molar refractivity (Wildman–Crippen MR) is 75.6 cm³/mol. The fourth-order valence-corrected chi connectivity index (χ4v) is 3.46. The SMILES string of the molecule is [CH2]c1ccc(CSC(=S)N(CC)CC)s1. The number of hydrogen-bond donors (Lipinski definition) is 0. The molecule has 0 saturated carbocycles. The molecule has 0 N–H and O–H groups in total. The molecular weight excluding hydrogens is 242 g/mol. The van der Waals surface area contributed by atoms with Gasteiger partial charge in [-0.25, -0.2) is 0 Å². The van der Waals surface area contributed by atoms with E-state index in [0.717, 1.165) is 28.0 Å². The second kappa shape index (κ2) is 6.51. The molecule has 0 aliphatic rings. The van der Waals surface area contributed by atoms with Crippen LogP contribution in [0.5, 0.6) is 0 Å². The second-order valence-corrected chi connectivity index (χ2v) is 5.96. The molecule has 0 aliphatic carbocycles. The molecule has 0 amide bonds. The van der Waals surface area contributed by atoms with Gasteiger partial charge in [-0.05, 0) is 32.9 Å². The molecule has 1 heterocycles. The van der Waals surface area contributed by atoms with Crippen LogP contribution in [0.3, 0.4) is 0 Å². The Kier molecular flexibility index (Phi) is 5.64. The van der Waals surface area contributed by atoms with E-state index >= 15 is 0 Å². The molecule has 1 nitrogen and oxygen atoms in total. The van der Waals surface area contributed by atoms with Gasteiger partial charge in [-0.15, -0.1) is 11.3 Å². The Balaban J connectivity index is 2.40. The maximum atomic E-state index is 5.36. The lowest BCUT2D eigenvalue weighted by molar-refractivity contribution is 0.482. The highest BCUT2D eigenvalue weighted by Crippen LogP contribution is 2.22. The van der Waals surface area contributed by atoms with E-state index in [-0.39, 0.29) is 0 Å². The van der Waals surface area contributed by atoms with Crippen molar-refractivity contribution in [3.63, 3.8) is 0 Å². The Bertz CT molecular complexity index is 315. The summed E-state index contributed by atoms with van der Waals surface area (Å²) in [4.78, 5) is 4.68. The van der Waals surface area contributed by atoms with Gasteiger partial charge in [0.25, 0.3) is 0 Å². The summed E-state index contributed by atoms with van der Waals surface area (Å²) in [5.41, 5.74) is 0. The first-order chi connectivity index (χ1) is 7.17. The molecule has 1 aromatic rings. The van der Waals surface area contributed by atoms with Crippen LogP contribution in [0.4, 0.5) is 0 Å². The monoisotopic (exact) mass is 258 g/mol. The average Bonchev–Trinajstić information content (AvgIpc) is 2.63. The van der Waals surface area contributed by atoms with Crippen LogP contribution in [0.15, 0.2) is 12.1 Å². The van der Waals surface area contributed by atoms with E-state index in [1.165, 1.54) is 4.88 Å². The summed E-state index contributed by atoms with van der Waals surface area (Å²) in [6, 6.07) is 4.19. The summed E-state index contributed by atoms with van der Waals surface area (Å²) in [6.07, 6.45) is 0. The highest BCUT2D eigenvalue weighted by atomic mass is 32.2. The van der Waals surface area contributed by atoms with Crippen molar-refractivity contribution in [1.82, 2.24) is 4.90 Å². The number of rotatable bonds is 4. The molecule has 1 radical (unpaired) electrons. The van der Waals surface area contributed by atoms with E-state index in [1.807, 2.05) is 0 Å². The molecule has 4 heteroatoms. The Morgan fingerprint density at radius 1 is 1.47 bits per heavy atom. The van der Waals surface area contributed by atoms with Gasteiger partial charge in [0.1, 0.15) is 4.32 Å². The first-order valence-corrected chi connectivity index (χ1v) is 7.20. The van der Waals surface area contributed by atoms with Crippen molar-refractivity contribution >= 4 is 39.6 Å². The molecule has 0 spiro atoms. The van der Waals surface area contributed by atoms with Gasteiger partial charge in [-0.1, -0.05) is 24.0 Å². The zero-order chi connectivity index (χ0) is 11.3. The van der Waals surface area contributed by atoms with Crippen LogP contribution < -0.4 is 0 Å². The summed E-state index contributed by atoms with van der Waals surface area (Å²) in [5.74, 6) is 0.968. The molecule has 0 fully saturated rings. The maximum Gasteiger partial charge on any atom is 0.136 e. The zero-order valence-electron chi connectivity index (χ0n) is 9.16. The van der Waals surface area contributed by atoms with Crippen molar-refractivity contribution in [2.75, 3.05) is 13.1 Å². The minimum Gasteiger partial charge on any atom is -0.358 e. The Morgan fingerprint density at radius 2 is 2.13 bits per heavy atom. The molecule has 0 aromatic carbocycles. The second-order valence-electron chi connectivity index (χ2n) is 3.09. The first-order valence-electron chi connectivity index (χ1n) is 4.99. The molecule has 1 rings (SSSR count). The van der Waals surface area contributed by atoms with Crippen molar-refractivity contribution < 1.29 is 0 Å². The van der Waals surface area contributed by atoms with Crippen molar-refractivity contribution in [3.05, 3.63) is 28.8 Å². The molecule has 1 aromatic heterocycles. The number of thiophene rings is 1. The highest BCUT2D eigenvalue weighted by Gasteiger charge is 2.06. The van der Waals surface area contributed by atoms with Crippen molar-refractivity contribution in [2.45, 2.75) is 19.6 Å². The summed E-state index contributed by atoms with van der Waals surface area (Å²) in [5, 5.41) is 0. The average molecular weight is 258 g/mol.